The van der Waals surface area contributed by atoms with Gasteiger partial charge in [0, 0.05) is 35.4 Å². The first kappa shape index (κ1) is 20.7. The van der Waals surface area contributed by atoms with E-state index in [2.05, 4.69) is 15.1 Å². The Bertz CT molecular complexity index is 1080. The van der Waals surface area contributed by atoms with E-state index in [1.807, 2.05) is 45.3 Å². The number of aryl methyl sites for hydroxylation is 3. The molecule has 0 unspecified atom stereocenters. The lowest BCUT2D eigenvalue weighted by molar-refractivity contribution is 0.0462. The van der Waals surface area contributed by atoms with E-state index in [4.69, 9.17) is 9.47 Å². The first-order valence-corrected chi connectivity index (χ1v) is 9.31. The van der Waals surface area contributed by atoms with Gasteiger partial charge in [0.05, 0.1) is 12.6 Å². The third-order valence-corrected chi connectivity index (χ3v) is 4.77. The lowest BCUT2D eigenvalue weighted by Gasteiger charge is -2.17. The fourth-order valence-corrected chi connectivity index (χ4v) is 3.58. The molecule has 0 saturated carbocycles. The maximum Gasteiger partial charge on any atom is 0.378 e. The van der Waals surface area contributed by atoms with Gasteiger partial charge in [-0.25, -0.2) is 14.3 Å². The summed E-state index contributed by atoms with van der Waals surface area (Å²) in [6, 6.07) is 3.72. The highest BCUT2D eigenvalue weighted by Gasteiger charge is 2.22. The number of nitrogens with zero attached hydrogens (tertiary/aromatic N) is 5. The monoisotopic (exact) mass is 399 g/mol. The highest BCUT2D eigenvalue weighted by molar-refractivity contribution is 6.00. The van der Waals surface area contributed by atoms with E-state index >= 15 is 0 Å². The third-order valence-electron chi connectivity index (χ3n) is 4.77. The lowest BCUT2D eigenvalue weighted by Crippen LogP contribution is -2.17. The smallest absolute Gasteiger partial charge is 0.378 e. The molecule has 0 aliphatic heterocycles. The number of ether oxygens (including phenoxy) is 2. The van der Waals surface area contributed by atoms with E-state index < -0.39 is 5.97 Å². The number of aromatic nitrogens is 5. The van der Waals surface area contributed by atoms with Gasteiger partial charge in [0.2, 0.25) is 5.78 Å². The number of ketones is 1. The molecule has 0 aliphatic rings. The van der Waals surface area contributed by atoms with Crippen molar-refractivity contribution in [1.82, 2.24) is 24.1 Å². The van der Waals surface area contributed by atoms with Crippen LogP contribution in [0.5, 0.6) is 0 Å². The highest BCUT2D eigenvalue weighted by atomic mass is 16.5. The zero-order valence-corrected chi connectivity index (χ0v) is 17.5. The zero-order valence-electron chi connectivity index (χ0n) is 17.5. The van der Waals surface area contributed by atoms with Crippen LogP contribution in [0.25, 0.3) is 5.78 Å². The van der Waals surface area contributed by atoms with Gasteiger partial charge in [-0.05, 0) is 46.8 Å². The van der Waals surface area contributed by atoms with Crippen molar-refractivity contribution in [3.63, 3.8) is 0 Å². The van der Waals surface area contributed by atoms with Crippen LogP contribution in [0.3, 0.4) is 0 Å². The Morgan fingerprint density at radius 2 is 1.83 bits per heavy atom. The largest absolute Gasteiger partial charge is 0.451 e. The molecule has 1 atom stereocenters. The number of methoxy groups -OCH3 is 1. The minimum Gasteiger partial charge on any atom is -0.451 e. The molecule has 9 heteroatoms. The number of hydrogen-bond acceptors (Lipinski definition) is 7. The third kappa shape index (κ3) is 4.04. The van der Waals surface area contributed by atoms with Gasteiger partial charge in [0.15, 0.2) is 6.61 Å². The molecular formula is C20H25N5O4. The van der Waals surface area contributed by atoms with Gasteiger partial charge >= 0.3 is 5.97 Å². The Labute approximate surface area is 168 Å². The average molecular weight is 399 g/mol. The van der Waals surface area contributed by atoms with E-state index in [1.54, 1.807) is 13.2 Å². The number of Topliss-reactive ketones (excluding diaryl/α,β-unsaturated/α-hetero) is 1. The fourth-order valence-electron chi connectivity index (χ4n) is 3.58. The van der Waals surface area contributed by atoms with Crippen LogP contribution in [0.4, 0.5) is 0 Å². The van der Waals surface area contributed by atoms with E-state index in [-0.39, 0.29) is 24.3 Å². The van der Waals surface area contributed by atoms with Crippen molar-refractivity contribution >= 4 is 17.5 Å². The number of carbonyl (C=O) groups is 2. The van der Waals surface area contributed by atoms with Gasteiger partial charge in [-0.15, -0.1) is 5.10 Å². The summed E-state index contributed by atoms with van der Waals surface area (Å²) < 4.78 is 13.9. The molecule has 29 heavy (non-hydrogen) atoms. The van der Waals surface area contributed by atoms with E-state index in [0.29, 0.717) is 17.9 Å². The molecule has 0 amide bonds. The molecule has 3 rings (SSSR count). The minimum atomic E-state index is -0.762. The number of fused-ring (bicyclic) bond motifs is 1. The van der Waals surface area contributed by atoms with Crippen LogP contribution in [0.1, 0.15) is 56.7 Å². The van der Waals surface area contributed by atoms with Gasteiger partial charge in [-0.1, -0.05) is 0 Å². The van der Waals surface area contributed by atoms with Crippen molar-refractivity contribution in [2.24, 2.45) is 0 Å². The Morgan fingerprint density at radius 3 is 2.52 bits per heavy atom. The standard InChI is InChI=1S/C20H25N5O4/c1-11-7-13(3)25-20(21-11)22-18(23-25)19(27)29-10-17(26)16-8-12(2)24(15(16)5)14(4)9-28-6/h7-8,14H,9-10H2,1-6H3/t14-/m1/s1. The van der Waals surface area contributed by atoms with Gasteiger partial charge in [0.25, 0.3) is 11.6 Å². The van der Waals surface area contributed by atoms with Gasteiger partial charge in [0.1, 0.15) is 0 Å². The minimum absolute atomic E-state index is 0.0884. The molecule has 3 heterocycles. The summed E-state index contributed by atoms with van der Waals surface area (Å²) >= 11 is 0. The predicted molar refractivity (Wildman–Crippen MR) is 105 cm³/mol. The molecule has 0 aliphatic carbocycles. The van der Waals surface area contributed by atoms with E-state index in [9.17, 15) is 9.59 Å². The summed E-state index contributed by atoms with van der Waals surface area (Å²) in [6.45, 7) is 9.64. The summed E-state index contributed by atoms with van der Waals surface area (Å²) in [6.07, 6.45) is 0. The molecule has 3 aromatic heterocycles. The quantitative estimate of drug-likeness (QED) is 0.444. The summed E-state index contributed by atoms with van der Waals surface area (Å²) in [5.41, 5.74) is 3.85. The van der Waals surface area contributed by atoms with Crippen molar-refractivity contribution in [1.29, 1.82) is 0 Å². The second-order valence-electron chi connectivity index (χ2n) is 7.14. The first-order chi connectivity index (χ1) is 13.7. The van der Waals surface area contributed by atoms with Crippen LogP contribution in [0, 0.1) is 27.7 Å². The SMILES string of the molecule is COC[C@@H](C)n1c(C)cc(C(=O)COC(=O)c2nc3nc(C)cc(C)n3n2)c1C. The van der Waals surface area contributed by atoms with Crippen LogP contribution in [-0.2, 0) is 9.47 Å². The van der Waals surface area contributed by atoms with Crippen LogP contribution in [-0.4, -0.2) is 56.2 Å². The molecule has 0 fully saturated rings. The molecule has 0 N–H and O–H groups in total. The highest BCUT2D eigenvalue weighted by Crippen LogP contribution is 2.21. The number of hydrogen-bond donors (Lipinski definition) is 0. The first-order valence-electron chi connectivity index (χ1n) is 9.31. The maximum atomic E-state index is 12.6. The molecule has 0 radical (unpaired) electrons. The molecule has 0 saturated heterocycles. The number of esters is 1. The van der Waals surface area contributed by atoms with Crippen molar-refractivity contribution in [2.75, 3.05) is 20.3 Å². The lowest BCUT2D eigenvalue weighted by atomic mass is 10.1. The molecule has 0 bridgehead atoms. The zero-order chi connectivity index (χ0) is 21.3. The molecule has 3 aromatic rings. The Kier molecular flexibility index (Phi) is 5.78. The van der Waals surface area contributed by atoms with E-state index in [1.165, 1.54) is 4.52 Å². The van der Waals surface area contributed by atoms with Crippen LogP contribution < -0.4 is 0 Å². The van der Waals surface area contributed by atoms with Crippen LogP contribution >= 0.6 is 0 Å². The van der Waals surface area contributed by atoms with Gasteiger partial charge in [-0.3, -0.25) is 4.79 Å². The molecule has 9 nitrogen and oxygen atoms in total. The Hall–Kier alpha value is -3.07. The Balaban J connectivity index is 1.73. The second kappa shape index (κ2) is 8.12. The molecule has 154 valence electrons. The van der Waals surface area contributed by atoms with Crippen LogP contribution in [0.2, 0.25) is 0 Å². The fraction of sp³-hybridized carbons (Fsp3) is 0.450. The number of carbonyl (C=O) groups excluding carboxylic acids is 2. The van der Waals surface area contributed by atoms with Crippen molar-refractivity contribution in [2.45, 2.75) is 40.7 Å². The Morgan fingerprint density at radius 1 is 1.10 bits per heavy atom. The van der Waals surface area contributed by atoms with E-state index in [0.717, 1.165) is 22.8 Å². The summed E-state index contributed by atoms with van der Waals surface area (Å²) in [7, 11) is 1.64. The van der Waals surface area contributed by atoms with Crippen molar-refractivity contribution in [3.05, 3.63) is 46.3 Å². The molecular weight excluding hydrogens is 374 g/mol. The normalized spacial score (nSPS) is 12.3. The summed E-state index contributed by atoms with van der Waals surface area (Å²) in [5.74, 6) is -0.853. The second-order valence-corrected chi connectivity index (χ2v) is 7.14. The molecule has 0 aromatic carbocycles. The van der Waals surface area contributed by atoms with Crippen molar-refractivity contribution in [3.8, 4) is 0 Å². The maximum absolute atomic E-state index is 12.6. The van der Waals surface area contributed by atoms with Crippen molar-refractivity contribution < 1.29 is 19.1 Å². The van der Waals surface area contributed by atoms with Crippen LogP contribution in [0.15, 0.2) is 12.1 Å². The molecule has 0 spiro atoms. The summed E-state index contributed by atoms with van der Waals surface area (Å²) in [5, 5.41) is 4.12. The topological polar surface area (TPSA) is 101 Å². The summed E-state index contributed by atoms with van der Waals surface area (Å²) in [4.78, 5) is 33.3. The van der Waals surface area contributed by atoms with Gasteiger partial charge < -0.3 is 14.0 Å². The number of rotatable bonds is 7. The predicted octanol–water partition coefficient (Wildman–Crippen LogP) is 2.41. The average Bonchev–Trinajstić information content (AvgIpc) is 3.20. The van der Waals surface area contributed by atoms with Gasteiger partial charge in [-0.2, -0.15) is 4.98 Å².